The Kier molecular flexibility index (Phi) is 6.59. The molecular weight excluding hydrogens is 446 g/mol. The number of thiazole rings is 1. The summed E-state index contributed by atoms with van der Waals surface area (Å²) in [6.07, 6.45) is 9.32. The van der Waals surface area contributed by atoms with Gasteiger partial charge in [0.15, 0.2) is 0 Å². The summed E-state index contributed by atoms with van der Waals surface area (Å²) in [5, 5.41) is 1.05. The van der Waals surface area contributed by atoms with Gasteiger partial charge in [0.25, 0.3) is 0 Å². The molecule has 1 aromatic carbocycles. The molecule has 1 amide bonds. The van der Waals surface area contributed by atoms with Crippen LogP contribution in [0.1, 0.15) is 55.5 Å². The molecule has 3 fully saturated rings. The van der Waals surface area contributed by atoms with Crippen molar-refractivity contribution in [2.24, 2.45) is 5.92 Å². The van der Waals surface area contributed by atoms with Crippen molar-refractivity contribution in [3.8, 4) is 16.3 Å². The lowest BCUT2D eigenvalue weighted by atomic mass is 9.86. The van der Waals surface area contributed by atoms with Crippen molar-refractivity contribution >= 4 is 17.2 Å². The Morgan fingerprint density at radius 3 is 2.56 bits per heavy atom. The van der Waals surface area contributed by atoms with Gasteiger partial charge in [0.1, 0.15) is 16.9 Å². The fourth-order valence-electron chi connectivity index (χ4n) is 5.79. The third-order valence-electron chi connectivity index (χ3n) is 7.99. The average Bonchev–Trinajstić information content (AvgIpc) is 3.30. The van der Waals surface area contributed by atoms with Crippen molar-refractivity contribution in [2.45, 2.75) is 70.1 Å². The highest BCUT2D eigenvalue weighted by Crippen LogP contribution is 2.35. The van der Waals surface area contributed by atoms with Crippen molar-refractivity contribution in [3.63, 3.8) is 0 Å². The molecule has 1 aromatic heterocycles. The van der Waals surface area contributed by atoms with E-state index >= 15 is 0 Å². The Labute approximate surface area is 206 Å². The van der Waals surface area contributed by atoms with Crippen LogP contribution >= 0.6 is 11.3 Å². The number of carbonyl (C=O) groups excluding carboxylic acids is 1. The number of likely N-dealkylation sites (tertiary alicyclic amines) is 1. The maximum atomic E-state index is 12.9. The van der Waals surface area contributed by atoms with Crippen LogP contribution in [0.3, 0.4) is 0 Å². The lowest BCUT2D eigenvalue weighted by Gasteiger charge is -2.44. The number of amides is 1. The largest absolute Gasteiger partial charge is 0.490 e. The van der Waals surface area contributed by atoms with E-state index in [2.05, 4.69) is 29.2 Å². The molecule has 1 saturated carbocycles. The van der Waals surface area contributed by atoms with Crippen LogP contribution in [0.4, 0.5) is 0 Å². The monoisotopic (exact) mass is 481 g/mol. The number of piperidine rings is 1. The van der Waals surface area contributed by atoms with Gasteiger partial charge in [0.2, 0.25) is 5.91 Å². The molecule has 4 heterocycles. The van der Waals surface area contributed by atoms with Crippen LogP contribution in [-0.4, -0.2) is 65.7 Å². The number of hydrogen-bond donors (Lipinski definition) is 0. The Morgan fingerprint density at radius 2 is 1.79 bits per heavy atom. The molecule has 2 saturated heterocycles. The molecular formula is C27H35N3O3S. The fraction of sp³-hybridized carbons (Fsp3) is 0.630. The van der Waals surface area contributed by atoms with Crippen LogP contribution in [0.15, 0.2) is 24.3 Å². The molecule has 1 aliphatic carbocycles. The lowest BCUT2D eigenvalue weighted by molar-refractivity contribution is -0.139. The minimum atomic E-state index is 0.126. The van der Waals surface area contributed by atoms with Gasteiger partial charge in [-0.05, 0) is 63.0 Å². The van der Waals surface area contributed by atoms with Crippen LogP contribution in [-0.2, 0) is 22.5 Å². The zero-order valence-corrected chi connectivity index (χ0v) is 20.7. The normalized spacial score (nSPS) is 26.1. The Bertz CT molecular complexity index is 989. The number of aromatic nitrogens is 1. The van der Waals surface area contributed by atoms with Gasteiger partial charge in [-0.25, -0.2) is 4.98 Å². The number of carbonyl (C=O) groups is 1. The van der Waals surface area contributed by atoms with Crippen LogP contribution in [0.25, 0.3) is 10.6 Å². The second-order valence-corrected chi connectivity index (χ2v) is 11.4. The van der Waals surface area contributed by atoms with Crippen molar-refractivity contribution in [3.05, 3.63) is 34.8 Å². The highest BCUT2D eigenvalue weighted by atomic mass is 32.1. The summed E-state index contributed by atoms with van der Waals surface area (Å²) >= 11 is 1.73. The first-order valence-electron chi connectivity index (χ1n) is 13.1. The van der Waals surface area contributed by atoms with E-state index in [-0.39, 0.29) is 5.92 Å². The molecule has 6 rings (SSSR count). The van der Waals surface area contributed by atoms with E-state index in [0.717, 1.165) is 66.7 Å². The van der Waals surface area contributed by atoms with Crippen LogP contribution in [0, 0.1) is 5.92 Å². The zero-order valence-electron chi connectivity index (χ0n) is 19.9. The summed E-state index contributed by atoms with van der Waals surface area (Å²) in [6, 6.07) is 9.16. The highest BCUT2D eigenvalue weighted by Gasteiger charge is 2.35. The lowest BCUT2D eigenvalue weighted by Crippen LogP contribution is -2.50. The maximum absolute atomic E-state index is 12.9. The van der Waals surface area contributed by atoms with Gasteiger partial charge in [0, 0.05) is 61.4 Å². The van der Waals surface area contributed by atoms with Crippen molar-refractivity contribution in [2.75, 3.05) is 32.8 Å². The van der Waals surface area contributed by atoms with Crippen molar-refractivity contribution < 1.29 is 14.3 Å². The first-order chi connectivity index (χ1) is 16.7. The number of hydrogen-bond acceptors (Lipinski definition) is 6. The summed E-state index contributed by atoms with van der Waals surface area (Å²) in [5.41, 5.74) is 2.29. The molecule has 4 aliphatic rings. The van der Waals surface area contributed by atoms with E-state index in [1.165, 1.54) is 37.2 Å². The predicted molar refractivity (Wildman–Crippen MR) is 133 cm³/mol. The predicted octanol–water partition coefficient (Wildman–Crippen LogP) is 4.52. The number of benzene rings is 1. The molecule has 0 radical (unpaired) electrons. The second-order valence-electron chi connectivity index (χ2n) is 10.3. The molecule has 2 aromatic rings. The SMILES string of the molecule is O=C(C1CCOCC1)N1CCc2nc(-c3ccc(OC4CC(N5CCCCC5)C4)cc3)sc2C1. The molecule has 34 heavy (non-hydrogen) atoms. The van der Waals surface area contributed by atoms with E-state index in [1.807, 2.05) is 4.90 Å². The van der Waals surface area contributed by atoms with Crippen LogP contribution in [0.2, 0.25) is 0 Å². The molecule has 0 atom stereocenters. The third kappa shape index (κ3) is 4.75. The number of rotatable bonds is 5. The Morgan fingerprint density at radius 1 is 1.03 bits per heavy atom. The van der Waals surface area contributed by atoms with Gasteiger partial charge in [-0.3, -0.25) is 4.79 Å². The Balaban J connectivity index is 1.04. The van der Waals surface area contributed by atoms with Gasteiger partial charge in [-0.2, -0.15) is 0 Å². The molecule has 0 N–H and O–H groups in total. The minimum Gasteiger partial charge on any atom is -0.490 e. The topological polar surface area (TPSA) is 54.9 Å². The maximum Gasteiger partial charge on any atom is 0.226 e. The first kappa shape index (κ1) is 22.5. The molecule has 0 unspecified atom stereocenters. The number of fused-ring (bicyclic) bond motifs is 1. The first-order valence-corrected chi connectivity index (χ1v) is 13.9. The van der Waals surface area contributed by atoms with Crippen LogP contribution < -0.4 is 4.74 Å². The third-order valence-corrected chi connectivity index (χ3v) is 9.13. The van der Waals surface area contributed by atoms with Crippen molar-refractivity contribution in [1.82, 2.24) is 14.8 Å². The Hall–Kier alpha value is -1.96. The van der Waals surface area contributed by atoms with Gasteiger partial charge >= 0.3 is 0 Å². The summed E-state index contributed by atoms with van der Waals surface area (Å²) in [4.78, 5) is 23.8. The molecule has 0 spiro atoms. The van der Waals surface area contributed by atoms with E-state index in [4.69, 9.17) is 14.5 Å². The zero-order chi connectivity index (χ0) is 22.9. The smallest absolute Gasteiger partial charge is 0.226 e. The molecule has 6 nitrogen and oxygen atoms in total. The van der Waals surface area contributed by atoms with E-state index in [0.29, 0.717) is 31.8 Å². The van der Waals surface area contributed by atoms with Gasteiger partial charge in [0.05, 0.1) is 12.2 Å². The van der Waals surface area contributed by atoms with Gasteiger partial charge in [-0.15, -0.1) is 11.3 Å². The number of ether oxygens (including phenoxy) is 2. The van der Waals surface area contributed by atoms with Gasteiger partial charge in [-0.1, -0.05) is 6.42 Å². The van der Waals surface area contributed by atoms with Crippen LogP contribution in [0.5, 0.6) is 5.75 Å². The standard InChI is InChI=1S/C27H35N3O3S/c31-27(20-9-14-32-15-10-20)30-13-8-24-25(18-30)34-26(28-24)19-4-6-22(7-5-19)33-23-16-21(17-23)29-11-2-1-3-12-29/h4-7,20-21,23H,1-3,8-18H2. The quantitative estimate of drug-likeness (QED) is 0.629. The van der Waals surface area contributed by atoms with E-state index < -0.39 is 0 Å². The molecule has 7 heteroatoms. The van der Waals surface area contributed by atoms with Gasteiger partial charge < -0.3 is 19.3 Å². The highest BCUT2D eigenvalue weighted by molar-refractivity contribution is 7.15. The fourth-order valence-corrected chi connectivity index (χ4v) is 6.92. The average molecular weight is 482 g/mol. The minimum absolute atomic E-state index is 0.126. The van der Waals surface area contributed by atoms with E-state index in [9.17, 15) is 4.79 Å². The van der Waals surface area contributed by atoms with Crippen molar-refractivity contribution in [1.29, 1.82) is 0 Å². The number of nitrogens with zero attached hydrogens (tertiary/aromatic N) is 3. The second kappa shape index (κ2) is 9.96. The summed E-state index contributed by atoms with van der Waals surface area (Å²) < 4.78 is 11.7. The summed E-state index contributed by atoms with van der Waals surface area (Å²) in [7, 11) is 0. The molecule has 0 bridgehead atoms. The summed E-state index contributed by atoms with van der Waals surface area (Å²) in [6.45, 7) is 5.43. The summed E-state index contributed by atoms with van der Waals surface area (Å²) in [5.74, 6) is 1.38. The molecule has 3 aliphatic heterocycles. The molecule has 182 valence electrons. The van der Waals surface area contributed by atoms with E-state index in [1.54, 1.807) is 11.3 Å².